The predicted octanol–water partition coefficient (Wildman–Crippen LogP) is 3.93. The van der Waals surface area contributed by atoms with E-state index in [4.69, 9.17) is 4.74 Å². The monoisotopic (exact) mass is 275 g/mol. The van der Waals surface area contributed by atoms with Gasteiger partial charge in [-0.05, 0) is 19.4 Å². The molecule has 104 valence electrons. The molecule has 4 nitrogen and oxygen atoms in total. The molecular formula is C12H12F3NO3. The Balaban J connectivity index is 3.50. The molecule has 0 fully saturated rings. The van der Waals surface area contributed by atoms with Gasteiger partial charge in [0.05, 0.1) is 17.1 Å². The number of alkyl halides is 3. The van der Waals surface area contributed by atoms with Crippen LogP contribution in [0, 0.1) is 17.0 Å². The van der Waals surface area contributed by atoms with Crippen LogP contribution in [-0.2, 0) is 10.9 Å². The highest BCUT2D eigenvalue weighted by Gasteiger charge is 2.35. The second-order valence-electron chi connectivity index (χ2n) is 3.78. The molecule has 1 aromatic carbocycles. The lowest BCUT2D eigenvalue weighted by molar-refractivity contribution is -0.385. The average molecular weight is 275 g/mol. The number of hydrogen-bond acceptors (Lipinski definition) is 3. The molecule has 0 aliphatic carbocycles. The molecule has 0 amide bonds. The molecule has 0 saturated carbocycles. The summed E-state index contributed by atoms with van der Waals surface area (Å²) in [4.78, 5) is 9.81. The summed E-state index contributed by atoms with van der Waals surface area (Å²) in [5.41, 5.74) is -1.86. The topological polar surface area (TPSA) is 52.4 Å². The minimum atomic E-state index is -4.67. The lowest BCUT2D eigenvalue weighted by atomic mass is 9.99. The van der Waals surface area contributed by atoms with Gasteiger partial charge in [0.1, 0.15) is 5.76 Å². The number of nitro benzene ring substituents is 1. The van der Waals surface area contributed by atoms with Crippen LogP contribution in [0.3, 0.4) is 0 Å². The zero-order valence-corrected chi connectivity index (χ0v) is 10.4. The van der Waals surface area contributed by atoms with E-state index in [1.54, 1.807) is 6.92 Å². The quantitative estimate of drug-likeness (QED) is 0.475. The van der Waals surface area contributed by atoms with E-state index in [0.29, 0.717) is 6.07 Å². The van der Waals surface area contributed by atoms with Gasteiger partial charge in [-0.2, -0.15) is 13.2 Å². The summed E-state index contributed by atoms with van der Waals surface area (Å²) in [5.74, 6) is -0.0193. The first kappa shape index (κ1) is 15.0. The van der Waals surface area contributed by atoms with E-state index in [-0.39, 0.29) is 23.5 Å². The number of halogens is 3. The fourth-order valence-corrected chi connectivity index (χ4v) is 1.64. The minimum absolute atomic E-state index is 0.0108. The first-order chi connectivity index (χ1) is 8.68. The molecule has 7 heteroatoms. The van der Waals surface area contributed by atoms with Crippen LogP contribution in [0.1, 0.15) is 23.6 Å². The van der Waals surface area contributed by atoms with Crippen LogP contribution < -0.4 is 0 Å². The SMILES string of the molecule is C=C(OCC)c1cc([N+](=O)[O-])cc(C(F)(F)F)c1C. The number of hydrogen-bond donors (Lipinski definition) is 0. The highest BCUT2D eigenvalue weighted by Crippen LogP contribution is 2.37. The second-order valence-corrected chi connectivity index (χ2v) is 3.78. The Kier molecular flexibility index (Phi) is 4.18. The Morgan fingerprint density at radius 3 is 2.47 bits per heavy atom. The van der Waals surface area contributed by atoms with Gasteiger partial charge in [0.2, 0.25) is 0 Å². The summed E-state index contributed by atoms with van der Waals surface area (Å²) >= 11 is 0. The van der Waals surface area contributed by atoms with E-state index >= 15 is 0 Å². The summed E-state index contributed by atoms with van der Waals surface area (Å²) in [6.45, 7) is 6.57. The molecule has 0 bridgehead atoms. The van der Waals surface area contributed by atoms with E-state index in [1.165, 1.54) is 6.92 Å². The van der Waals surface area contributed by atoms with Crippen LogP contribution in [0.25, 0.3) is 5.76 Å². The van der Waals surface area contributed by atoms with Crippen LogP contribution >= 0.6 is 0 Å². The number of benzene rings is 1. The number of non-ortho nitro benzene ring substituents is 1. The minimum Gasteiger partial charge on any atom is -0.494 e. The van der Waals surface area contributed by atoms with Gasteiger partial charge in [0.15, 0.2) is 0 Å². The molecule has 0 aromatic heterocycles. The van der Waals surface area contributed by atoms with Crippen molar-refractivity contribution in [2.24, 2.45) is 0 Å². The third-order valence-electron chi connectivity index (χ3n) is 2.53. The van der Waals surface area contributed by atoms with Gasteiger partial charge < -0.3 is 4.74 Å². The van der Waals surface area contributed by atoms with Gasteiger partial charge in [0.25, 0.3) is 5.69 Å². The summed E-state index contributed by atoms with van der Waals surface area (Å²) < 4.78 is 43.5. The molecule has 0 spiro atoms. The van der Waals surface area contributed by atoms with E-state index in [2.05, 4.69) is 6.58 Å². The first-order valence-electron chi connectivity index (χ1n) is 5.36. The molecule has 0 atom stereocenters. The van der Waals surface area contributed by atoms with E-state index in [1.807, 2.05) is 0 Å². The first-order valence-corrected chi connectivity index (χ1v) is 5.36. The molecule has 0 aliphatic heterocycles. The largest absolute Gasteiger partial charge is 0.494 e. The van der Waals surface area contributed by atoms with Crippen LogP contribution in [0.5, 0.6) is 0 Å². The van der Waals surface area contributed by atoms with Crippen molar-refractivity contribution in [3.8, 4) is 0 Å². The normalized spacial score (nSPS) is 11.2. The lowest BCUT2D eigenvalue weighted by Crippen LogP contribution is -2.10. The molecule has 19 heavy (non-hydrogen) atoms. The van der Waals surface area contributed by atoms with Gasteiger partial charge in [-0.25, -0.2) is 0 Å². The van der Waals surface area contributed by atoms with Crippen LogP contribution in [0.4, 0.5) is 18.9 Å². The van der Waals surface area contributed by atoms with E-state index in [9.17, 15) is 23.3 Å². The van der Waals surface area contributed by atoms with E-state index < -0.39 is 22.4 Å². The smallest absolute Gasteiger partial charge is 0.416 e. The summed E-state index contributed by atoms with van der Waals surface area (Å²) in [7, 11) is 0. The Morgan fingerprint density at radius 2 is 2.05 bits per heavy atom. The number of ether oxygens (including phenoxy) is 1. The Hall–Kier alpha value is -2.05. The zero-order valence-electron chi connectivity index (χ0n) is 10.4. The van der Waals surface area contributed by atoms with Crippen molar-refractivity contribution in [2.45, 2.75) is 20.0 Å². The maximum Gasteiger partial charge on any atom is 0.416 e. The Morgan fingerprint density at radius 1 is 1.47 bits per heavy atom. The zero-order chi connectivity index (χ0) is 14.8. The van der Waals surface area contributed by atoms with E-state index in [0.717, 1.165) is 6.07 Å². The van der Waals surface area contributed by atoms with Gasteiger partial charge in [-0.15, -0.1) is 0 Å². The maximum absolute atomic E-state index is 12.8. The Labute approximate surface area is 107 Å². The maximum atomic E-state index is 12.8. The van der Waals surface area contributed by atoms with Crippen molar-refractivity contribution in [3.05, 3.63) is 45.5 Å². The van der Waals surface area contributed by atoms with Crippen molar-refractivity contribution in [2.75, 3.05) is 6.61 Å². The molecular weight excluding hydrogens is 263 g/mol. The number of rotatable bonds is 4. The summed E-state index contributed by atoms with van der Waals surface area (Å²) in [5, 5.41) is 10.7. The fraction of sp³-hybridized carbons (Fsp3) is 0.333. The number of nitro groups is 1. The molecule has 0 radical (unpaired) electrons. The third kappa shape index (κ3) is 3.24. The standard InChI is InChI=1S/C12H12F3NO3/c1-4-19-8(3)10-5-9(16(17)18)6-11(7(10)2)12(13,14)15/h5-6H,3-4H2,1-2H3. The molecule has 0 heterocycles. The highest BCUT2D eigenvalue weighted by atomic mass is 19.4. The highest BCUT2D eigenvalue weighted by molar-refractivity contribution is 5.66. The van der Waals surface area contributed by atoms with Gasteiger partial charge in [-0.3, -0.25) is 10.1 Å². The van der Waals surface area contributed by atoms with Gasteiger partial charge in [0, 0.05) is 17.7 Å². The van der Waals surface area contributed by atoms with Gasteiger partial charge in [-0.1, -0.05) is 6.58 Å². The summed E-state index contributed by atoms with van der Waals surface area (Å²) in [6, 6.07) is 1.54. The third-order valence-corrected chi connectivity index (χ3v) is 2.53. The molecule has 0 aliphatic rings. The summed E-state index contributed by atoms with van der Waals surface area (Å²) in [6.07, 6.45) is -4.67. The van der Waals surface area contributed by atoms with Crippen molar-refractivity contribution in [1.82, 2.24) is 0 Å². The van der Waals surface area contributed by atoms with Crippen LogP contribution in [-0.4, -0.2) is 11.5 Å². The number of nitrogens with zero attached hydrogens (tertiary/aromatic N) is 1. The van der Waals surface area contributed by atoms with Crippen LogP contribution in [0.2, 0.25) is 0 Å². The molecule has 0 saturated heterocycles. The fourth-order valence-electron chi connectivity index (χ4n) is 1.64. The van der Waals surface area contributed by atoms with Crippen molar-refractivity contribution < 1.29 is 22.8 Å². The Bertz CT molecular complexity index is 524. The molecule has 1 aromatic rings. The van der Waals surface area contributed by atoms with Crippen molar-refractivity contribution >= 4 is 11.4 Å². The average Bonchev–Trinajstić information content (AvgIpc) is 2.27. The van der Waals surface area contributed by atoms with Crippen molar-refractivity contribution in [3.63, 3.8) is 0 Å². The molecule has 0 unspecified atom stereocenters. The van der Waals surface area contributed by atoms with Gasteiger partial charge >= 0.3 is 6.18 Å². The second kappa shape index (κ2) is 5.29. The molecule has 1 rings (SSSR count). The lowest BCUT2D eigenvalue weighted by Gasteiger charge is -2.15. The predicted molar refractivity (Wildman–Crippen MR) is 63.5 cm³/mol. The van der Waals surface area contributed by atoms with Crippen molar-refractivity contribution in [1.29, 1.82) is 0 Å². The van der Waals surface area contributed by atoms with Crippen LogP contribution in [0.15, 0.2) is 18.7 Å². The molecule has 0 N–H and O–H groups in total.